The van der Waals surface area contributed by atoms with Crippen molar-refractivity contribution in [1.29, 1.82) is 0 Å². The van der Waals surface area contributed by atoms with Gasteiger partial charge in [0.05, 0.1) is 0 Å². The van der Waals surface area contributed by atoms with Crippen LogP contribution in [-0.2, 0) is 22.6 Å². The summed E-state index contributed by atoms with van der Waals surface area (Å²) in [6.45, 7) is 2.49. The second kappa shape index (κ2) is 8.89. The zero-order valence-corrected chi connectivity index (χ0v) is 15.2. The maximum Gasteiger partial charge on any atom is 0.408 e. The van der Waals surface area contributed by atoms with Crippen molar-refractivity contribution in [3.05, 3.63) is 71.9 Å². The lowest BCUT2D eigenvalue weighted by molar-refractivity contribution is -0.122. The van der Waals surface area contributed by atoms with Crippen molar-refractivity contribution in [2.24, 2.45) is 0 Å². The molecule has 140 valence electrons. The van der Waals surface area contributed by atoms with Crippen LogP contribution in [0.25, 0.3) is 10.9 Å². The first-order chi connectivity index (χ1) is 13.2. The number of aromatic nitrogens is 1. The number of H-pyrrole nitrogens is 1. The predicted molar refractivity (Wildman–Crippen MR) is 104 cm³/mol. The Morgan fingerprint density at radius 1 is 1.07 bits per heavy atom. The number of hydrogen-bond acceptors (Lipinski definition) is 3. The van der Waals surface area contributed by atoms with E-state index in [1.807, 2.05) is 67.7 Å². The Kier molecular flexibility index (Phi) is 6.10. The summed E-state index contributed by atoms with van der Waals surface area (Å²) in [5, 5.41) is 6.49. The minimum absolute atomic E-state index is 0.155. The number of aromatic amines is 1. The molecule has 0 radical (unpaired) electrons. The van der Waals surface area contributed by atoms with Gasteiger partial charge in [-0.05, 0) is 24.1 Å². The van der Waals surface area contributed by atoms with Crippen LogP contribution in [0.4, 0.5) is 4.79 Å². The maximum atomic E-state index is 12.4. The quantitative estimate of drug-likeness (QED) is 0.601. The molecule has 0 fully saturated rings. The number of fused-ring (bicyclic) bond motifs is 1. The largest absolute Gasteiger partial charge is 0.445 e. The molecule has 0 spiro atoms. The third-order valence-corrected chi connectivity index (χ3v) is 4.27. The number of nitrogens with one attached hydrogen (secondary N) is 3. The van der Waals surface area contributed by atoms with Gasteiger partial charge in [0.15, 0.2) is 0 Å². The number of amides is 2. The molecule has 27 heavy (non-hydrogen) atoms. The van der Waals surface area contributed by atoms with E-state index in [0.29, 0.717) is 13.0 Å². The number of likely N-dealkylation sites (N-methyl/N-ethyl adjacent to an activating group) is 1. The molecule has 1 aromatic heterocycles. The number of carbonyl (C=O) groups is 2. The summed E-state index contributed by atoms with van der Waals surface area (Å²) < 4.78 is 5.26. The Labute approximate surface area is 157 Å². The monoisotopic (exact) mass is 365 g/mol. The van der Waals surface area contributed by atoms with Gasteiger partial charge in [-0.25, -0.2) is 4.79 Å². The molecule has 3 aromatic rings. The van der Waals surface area contributed by atoms with Gasteiger partial charge in [0, 0.05) is 30.1 Å². The van der Waals surface area contributed by atoms with Crippen molar-refractivity contribution < 1.29 is 14.3 Å². The summed E-state index contributed by atoms with van der Waals surface area (Å²) in [7, 11) is 0. The highest BCUT2D eigenvalue weighted by Crippen LogP contribution is 2.19. The van der Waals surface area contributed by atoms with Crippen LogP contribution in [0.2, 0.25) is 0 Å². The number of carbonyl (C=O) groups excluding carboxylic acids is 2. The molecule has 0 aliphatic carbocycles. The van der Waals surface area contributed by atoms with Crippen LogP contribution in [0.5, 0.6) is 0 Å². The van der Waals surface area contributed by atoms with Crippen LogP contribution in [0.1, 0.15) is 18.1 Å². The summed E-state index contributed by atoms with van der Waals surface area (Å²) >= 11 is 0. The van der Waals surface area contributed by atoms with Crippen molar-refractivity contribution >= 4 is 22.9 Å². The summed E-state index contributed by atoms with van der Waals surface area (Å²) in [6.07, 6.45) is 1.62. The Bertz CT molecular complexity index is 905. The molecule has 1 heterocycles. The van der Waals surface area contributed by atoms with Crippen molar-refractivity contribution in [1.82, 2.24) is 15.6 Å². The van der Waals surface area contributed by atoms with E-state index in [0.717, 1.165) is 22.0 Å². The molecule has 0 aliphatic rings. The van der Waals surface area contributed by atoms with Crippen LogP contribution >= 0.6 is 0 Å². The first kappa shape index (κ1) is 18.5. The average molecular weight is 365 g/mol. The van der Waals surface area contributed by atoms with E-state index in [9.17, 15) is 9.59 Å². The first-order valence-corrected chi connectivity index (χ1v) is 8.97. The molecule has 2 amide bonds. The number of para-hydroxylation sites is 1. The Balaban J connectivity index is 1.67. The van der Waals surface area contributed by atoms with E-state index in [1.165, 1.54) is 0 Å². The van der Waals surface area contributed by atoms with Gasteiger partial charge in [-0.2, -0.15) is 0 Å². The Morgan fingerprint density at radius 3 is 2.59 bits per heavy atom. The third kappa shape index (κ3) is 4.88. The molecule has 3 N–H and O–H groups in total. The first-order valence-electron chi connectivity index (χ1n) is 8.97. The predicted octanol–water partition coefficient (Wildman–Crippen LogP) is 3.14. The highest BCUT2D eigenvalue weighted by molar-refractivity contribution is 5.88. The molecule has 6 nitrogen and oxygen atoms in total. The smallest absolute Gasteiger partial charge is 0.408 e. The van der Waals surface area contributed by atoms with Gasteiger partial charge in [0.25, 0.3) is 0 Å². The fourth-order valence-electron chi connectivity index (χ4n) is 2.93. The molecular formula is C21H23N3O3. The number of rotatable bonds is 7. The summed E-state index contributed by atoms with van der Waals surface area (Å²) in [5.41, 5.74) is 2.85. The lowest BCUT2D eigenvalue weighted by atomic mass is 10.0. The van der Waals surface area contributed by atoms with Crippen molar-refractivity contribution in [2.45, 2.75) is 26.0 Å². The van der Waals surface area contributed by atoms with Gasteiger partial charge < -0.3 is 20.4 Å². The van der Waals surface area contributed by atoms with Crippen molar-refractivity contribution in [3.63, 3.8) is 0 Å². The van der Waals surface area contributed by atoms with E-state index in [4.69, 9.17) is 4.74 Å². The van der Waals surface area contributed by atoms with Crippen LogP contribution in [-0.4, -0.2) is 29.6 Å². The van der Waals surface area contributed by atoms with E-state index in [1.54, 1.807) is 0 Å². The summed E-state index contributed by atoms with van der Waals surface area (Å²) in [5.74, 6) is -0.237. The Hall–Kier alpha value is -3.28. The number of ether oxygens (including phenoxy) is 1. The molecule has 0 aliphatic heterocycles. The molecule has 0 saturated carbocycles. The topological polar surface area (TPSA) is 83.2 Å². The van der Waals surface area contributed by atoms with Gasteiger partial charge in [0.2, 0.25) is 5.91 Å². The standard InChI is InChI=1S/C21H23N3O3/c1-2-22-20(25)19(12-16-13-23-18-11-7-6-10-17(16)18)24-21(26)27-14-15-8-4-3-5-9-15/h3-11,13,19,23H,2,12,14H2,1H3,(H,22,25)(H,24,26)/t19-/m1/s1. The van der Waals surface area contributed by atoms with Crippen LogP contribution in [0.3, 0.4) is 0 Å². The molecule has 2 aromatic carbocycles. The molecule has 6 heteroatoms. The number of hydrogen-bond donors (Lipinski definition) is 3. The van der Waals surface area contributed by atoms with Gasteiger partial charge in [-0.1, -0.05) is 48.5 Å². The zero-order chi connectivity index (χ0) is 19.1. The van der Waals surface area contributed by atoms with Gasteiger partial charge in [-0.3, -0.25) is 4.79 Å². The summed E-state index contributed by atoms with van der Waals surface area (Å²) in [6, 6.07) is 16.6. The zero-order valence-electron chi connectivity index (χ0n) is 15.2. The third-order valence-electron chi connectivity index (χ3n) is 4.27. The highest BCUT2D eigenvalue weighted by atomic mass is 16.5. The van der Waals surface area contributed by atoms with Crippen molar-refractivity contribution in [2.75, 3.05) is 6.54 Å². The molecular weight excluding hydrogens is 342 g/mol. The lowest BCUT2D eigenvalue weighted by Crippen LogP contribution is -2.48. The highest BCUT2D eigenvalue weighted by Gasteiger charge is 2.22. The lowest BCUT2D eigenvalue weighted by Gasteiger charge is -2.18. The molecule has 0 unspecified atom stereocenters. The molecule has 1 atom stereocenters. The minimum atomic E-state index is -0.715. The SMILES string of the molecule is CCNC(=O)[C@@H](Cc1c[nH]c2ccccc12)NC(=O)OCc1ccccc1. The van der Waals surface area contributed by atoms with Crippen molar-refractivity contribution in [3.8, 4) is 0 Å². The Morgan fingerprint density at radius 2 is 1.81 bits per heavy atom. The fourth-order valence-corrected chi connectivity index (χ4v) is 2.93. The second-order valence-corrected chi connectivity index (χ2v) is 6.22. The molecule has 0 saturated heterocycles. The van der Waals surface area contributed by atoms with Crippen LogP contribution in [0, 0.1) is 0 Å². The molecule has 3 rings (SSSR count). The van der Waals surface area contributed by atoms with Crippen LogP contribution in [0.15, 0.2) is 60.8 Å². The second-order valence-electron chi connectivity index (χ2n) is 6.22. The normalized spacial score (nSPS) is 11.7. The minimum Gasteiger partial charge on any atom is -0.445 e. The molecule has 0 bridgehead atoms. The van der Waals surface area contributed by atoms with Gasteiger partial charge >= 0.3 is 6.09 Å². The number of benzene rings is 2. The van der Waals surface area contributed by atoms with Gasteiger partial charge in [0.1, 0.15) is 12.6 Å². The van der Waals surface area contributed by atoms with Gasteiger partial charge in [-0.15, -0.1) is 0 Å². The van der Waals surface area contributed by atoms with Crippen LogP contribution < -0.4 is 10.6 Å². The van der Waals surface area contributed by atoms with E-state index >= 15 is 0 Å². The number of alkyl carbamates (subject to hydrolysis) is 1. The maximum absolute atomic E-state index is 12.4. The van der Waals surface area contributed by atoms with E-state index < -0.39 is 12.1 Å². The fraction of sp³-hybridized carbons (Fsp3) is 0.238. The van der Waals surface area contributed by atoms with E-state index in [-0.39, 0.29) is 12.5 Å². The van der Waals surface area contributed by atoms with E-state index in [2.05, 4.69) is 15.6 Å². The summed E-state index contributed by atoms with van der Waals surface area (Å²) in [4.78, 5) is 27.8. The average Bonchev–Trinajstić information content (AvgIpc) is 3.10.